The van der Waals surface area contributed by atoms with E-state index in [0.29, 0.717) is 6.29 Å². The maximum atomic E-state index is 12.3. The Morgan fingerprint density at radius 1 is 1.16 bits per heavy atom. The molecular formula is C18H18N2O5. The molecule has 0 aliphatic heterocycles. The van der Waals surface area contributed by atoms with Crippen LogP contribution in [-0.2, 0) is 0 Å². The number of hydrogen-bond acceptors (Lipinski definition) is 6. The van der Waals surface area contributed by atoms with Crippen LogP contribution >= 0.6 is 0 Å². The fraction of sp³-hybridized carbons (Fsp3) is 0.222. The molecule has 0 radical (unpaired) electrons. The highest BCUT2D eigenvalue weighted by atomic mass is 16.6. The smallest absolute Gasteiger partial charge is 0.343 e. The van der Waals surface area contributed by atoms with Crippen molar-refractivity contribution in [3.05, 3.63) is 63.7 Å². The van der Waals surface area contributed by atoms with E-state index >= 15 is 0 Å². The average molecular weight is 342 g/mol. The van der Waals surface area contributed by atoms with Crippen LogP contribution in [0.25, 0.3) is 0 Å². The monoisotopic (exact) mass is 342 g/mol. The van der Waals surface area contributed by atoms with Gasteiger partial charge in [0.15, 0.2) is 6.29 Å². The molecule has 0 unspecified atom stereocenters. The summed E-state index contributed by atoms with van der Waals surface area (Å²) in [6, 6.07) is 10.1. The Kier molecular flexibility index (Phi) is 5.84. The molecule has 0 aliphatic rings. The molecule has 0 saturated heterocycles. The molecule has 2 aromatic rings. The molecule has 0 N–H and O–H groups in total. The van der Waals surface area contributed by atoms with Crippen LogP contribution in [0.2, 0.25) is 0 Å². The Morgan fingerprint density at radius 2 is 1.80 bits per heavy atom. The molecule has 0 heterocycles. The van der Waals surface area contributed by atoms with Crippen LogP contribution in [0.1, 0.15) is 34.6 Å². The van der Waals surface area contributed by atoms with E-state index < -0.39 is 10.9 Å². The molecular weight excluding hydrogens is 324 g/mol. The normalized spacial score (nSPS) is 10.2. The lowest BCUT2D eigenvalue weighted by atomic mass is 10.1. The van der Waals surface area contributed by atoms with Crippen LogP contribution in [0.3, 0.4) is 0 Å². The van der Waals surface area contributed by atoms with Gasteiger partial charge in [-0.15, -0.1) is 0 Å². The number of ether oxygens (including phenoxy) is 1. The lowest BCUT2D eigenvalue weighted by molar-refractivity contribution is -0.384. The SMILES string of the molecule is CCN(CC)c1ccc(C=O)c(OC(=O)c2ccc([N+](=O)[O-])cc2)c1. The summed E-state index contributed by atoms with van der Waals surface area (Å²) in [5.74, 6) is -0.530. The Labute approximate surface area is 145 Å². The second-order valence-corrected chi connectivity index (χ2v) is 5.21. The van der Waals surface area contributed by atoms with E-state index in [0.717, 1.165) is 18.8 Å². The first-order valence-electron chi connectivity index (χ1n) is 7.81. The Bertz CT molecular complexity index is 783. The third-order valence-electron chi connectivity index (χ3n) is 3.77. The van der Waals surface area contributed by atoms with E-state index in [2.05, 4.69) is 4.90 Å². The van der Waals surface area contributed by atoms with Gasteiger partial charge in [0.05, 0.1) is 16.1 Å². The molecule has 0 aliphatic carbocycles. The molecule has 0 bridgehead atoms. The Hall–Kier alpha value is -3.22. The number of carbonyl (C=O) groups is 2. The second kappa shape index (κ2) is 8.05. The van der Waals surface area contributed by atoms with Gasteiger partial charge in [-0.25, -0.2) is 4.79 Å². The summed E-state index contributed by atoms with van der Waals surface area (Å²) >= 11 is 0. The van der Waals surface area contributed by atoms with Crippen molar-refractivity contribution in [1.29, 1.82) is 0 Å². The van der Waals surface area contributed by atoms with Crippen LogP contribution in [0.4, 0.5) is 11.4 Å². The van der Waals surface area contributed by atoms with Crippen LogP contribution in [-0.4, -0.2) is 30.3 Å². The van der Waals surface area contributed by atoms with E-state index in [1.165, 1.54) is 24.3 Å². The molecule has 7 heteroatoms. The fourth-order valence-electron chi connectivity index (χ4n) is 2.37. The molecule has 0 saturated carbocycles. The number of rotatable bonds is 7. The largest absolute Gasteiger partial charge is 0.422 e. The summed E-state index contributed by atoms with van der Waals surface area (Å²) in [5.41, 5.74) is 1.14. The van der Waals surface area contributed by atoms with Gasteiger partial charge in [0.1, 0.15) is 5.75 Å². The van der Waals surface area contributed by atoms with Crippen LogP contribution in [0, 0.1) is 10.1 Å². The Balaban J connectivity index is 2.28. The van der Waals surface area contributed by atoms with Gasteiger partial charge in [-0.2, -0.15) is 0 Å². The predicted molar refractivity (Wildman–Crippen MR) is 93.4 cm³/mol. The number of nitrogens with zero attached hydrogens (tertiary/aromatic N) is 2. The molecule has 0 spiro atoms. The van der Waals surface area contributed by atoms with Gasteiger partial charge in [-0.1, -0.05) is 0 Å². The highest BCUT2D eigenvalue weighted by Crippen LogP contribution is 2.26. The standard InChI is InChI=1S/C18H18N2O5/c1-3-19(4-2)16-10-7-14(12-21)17(11-16)25-18(22)13-5-8-15(9-6-13)20(23)24/h5-12H,3-4H2,1-2H3. The van der Waals surface area contributed by atoms with Crippen molar-refractivity contribution in [2.75, 3.05) is 18.0 Å². The minimum atomic E-state index is -0.685. The minimum absolute atomic E-state index is 0.117. The van der Waals surface area contributed by atoms with E-state index in [4.69, 9.17) is 4.74 Å². The highest BCUT2D eigenvalue weighted by Gasteiger charge is 2.15. The molecule has 0 atom stereocenters. The number of carbonyl (C=O) groups excluding carboxylic acids is 2. The maximum absolute atomic E-state index is 12.3. The van der Waals surface area contributed by atoms with Gasteiger partial charge in [0.2, 0.25) is 0 Å². The van der Waals surface area contributed by atoms with Crippen molar-refractivity contribution in [2.45, 2.75) is 13.8 Å². The quantitative estimate of drug-likeness (QED) is 0.252. The number of hydrogen-bond donors (Lipinski definition) is 0. The number of anilines is 1. The zero-order chi connectivity index (χ0) is 18.4. The van der Waals surface area contributed by atoms with Crippen LogP contribution in [0.5, 0.6) is 5.75 Å². The van der Waals surface area contributed by atoms with E-state index in [1.54, 1.807) is 18.2 Å². The van der Waals surface area contributed by atoms with E-state index in [1.807, 2.05) is 13.8 Å². The fourth-order valence-corrected chi connectivity index (χ4v) is 2.37. The van der Waals surface area contributed by atoms with Crippen LogP contribution in [0.15, 0.2) is 42.5 Å². The van der Waals surface area contributed by atoms with Crippen molar-refractivity contribution in [3.63, 3.8) is 0 Å². The van der Waals surface area contributed by atoms with Crippen molar-refractivity contribution in [2.24, 2.45) is 0 Å². The molecule has 25 heavy (non-hydrogen) atoms. The first kappa shape index (κ1) is 18.1. The summed E-state index contributed by atoms with van der Waals surface area (Å²) in [4.78, 5) is 35.6. The maximum Gasteiger partial charge on any atom is 0.343 e. The highest BCUT2D eigenvalue weighted by molar-refractivity contribution is 5.93. The molecule has 7 nitrogen and oxygen atoms in total. The molecule has 130 valence electrons. The van der Waals surface area contributed by atoms with E-state index in [9.17, 15) is 19.7 Å². The lowest BCUT2D eigenvalue weighted by Crippen LogP contribution is -2.22. The third-order valence-corrected chi connectivity index (χ3v) is 3.77. The average Bonchev–Trinajstić information content (AvgIpc) is 2.63. The summed E-state index contributed by atoms with van der Waals surface area (Å²) in [6.07, 6.45) is 0.616. The number of benzene rings is 2. The van der Waals surface area contributed by atoms with E-state index in [-0.39, 0.29) is 22.6 Å². The predicted octanol–water partition coefficient (Wildman–Crippen LogP) is 3.47. The molecule has 2 rings (SSSR count). The van der Waals surface area contributed by atoms with Crippen molar-refractivity contribution >= 4 is 23.6 Å². The third kappa shape index (κ3) is 4.20. The Morgan fingerprint density at radius 3 is 2.32 bits per heavy atom. The number of nitro groups is 1. The first-order valence-corrected chi connectivity index (χ1v) is 7.81. The number of aldehydes is 1. The van der Waals surface area contributed by atoms with Gasteiger partial charge < -0.3 is 9.64 Å². The van der Waals surface area contributed by atoms with Gasteiger partial charge in [-0.05, 0) is 38.1 Å². The number of esters is 1. The van der Waals surface area contributed by atoms with Crippen molar-refractivity contribution in [1.82, 2.24) is 0 Å². The first-order chi connectivity index (χ1) is 12.0. The zero-order valence-electron chi connectivity index (χ0n) is 14.0. The summed E-state index contributed by atoms with van der Waals surface area (Å²) in [7, 11) is 0. The molecule has 0 aromatic heterocycles. The van der Waals surface area contributed by atoms with Crippen molar-refractivity contribution in [3.8, 4) is 5.75 Å². The van der Waals surface area contributed by atoms with Gasteiger partial charge in [0, 0.05) is 37.0 Å². The van der Waals surface area contributed by atoms with Crippen LogP contribution < -0.4 is 9.64 Å². The summed E-state index contributed by atoms with van der Waals surface area (Å²) in [5, 5.41) is 10.7. The summed E-state index contributed by atoms with van der Waals surface area (Å²) < 4.78 is 5.34. The lowest BCUT2D eigenvalue weighted by Gasteiger charge is -2.21. The topological polar surface area (TPSA) is 89.8 Å². The minimum Gasteiger partial charge on any atom is -0.422 e. The van der Waals surface area contributed by atoms with Gasteiger partial charge >= 0.3 is 5.97 Å². The molecule has 0 amide bonds. The number of nitro benzene ring substituents is 1. The summed E-state index contributed by atoms with van der Waals surface area (Å²) in [6.45, 7) is 5.54. The van der Waals surface area contributed by atoms with Gasteiger partial charge in [0.25, 0.3) is 5.69 Å². The second-order valence-electron chi connectivity index (χ2n) is 5.21. The van der Waals surface area contributed by atoms with Crippen molar-refractivity contribution < 1.29 is 19.2 Å². The molecule has 2 aromatic carbocycles. The van der Waals surface area contributed by atoms with Gasteiger partial charge in [-0.3, -0.25) is 14.9 Å². The zero-order valence-corrected chi connectivity index (χ0v) is 14.0. The molecule has 0 fully saturated rings. The number of non-ortho nitro benzene ring substituents is 1.